The van der Waals surface area contributed by atoms with Gasteiger partial charge in [0.2, 0.25) is 5.88 Å². The van der Waals surface area contributed by atoms with E-state index >= 15 is 0 Å². The summed E-state index contributed by atoms with van der Waals surface area (Å²) < 4.78 is 5.39. The number of hydrogen-bond acceptors (Lipinski definition) is 10. The average Bonchev–Trinajstić information content (AvgIpc) is 2.75. The standard InChI is InChI=1S/C21H24N8O3/c1-21(2)20(31)32-19-12(29-21)5-6-14(28-19)26-17-16-13(23-10-24-18(16)30)8-15(27-17)25-11-4-3-7-22-9-11/h5-6,8,10-11,22,29H,3-4,7,9H2,1-2H3,(H,23,24,30)(H2,25,26,27,28)/t11-/m0/s1. The average molecular weight is 436 g/mol. The fourth-order valence-electron chi connectivity index (χ4n) is 3.85. The molecule has 1 fully saturated rings. The molecule has 2 aliphatic rings. The first-order valence-corrected chi connectivity index (χ1v) is 10.5. The van der Waals surface area contributed by atoms with Crippen molar-refractivity contribution in [3.8, 4) is 5.88 Å². The Bertz CT molecular complexity index is 1250. The highest BCUT2D eigenvalue weighted by molar-refractivity contribution is 5.92. The van der Waals surface area contributed by atoms with Gasteiger partial charge in [-0.3, -0.25) is 4.79 Å². The molecule has 11 heteroatoms. The van der Waals surface area contributed by atoms with E-state index in [9.17, 15) is 9.59 Å². The first kappa shape index (κ1) is 20.2. The lowest BCUT2D eigenvalue weighted by Gasteiger charge is -2.30. The second-order valence-electron chi connectivity index (χ2n) is 8.48. The molecule has 1 atom stereocenters. The number of ether oxygens (including phenoxy) is 1. The molecule has 5 heterocycles. The number of piperidine rings is 1. The van der Waals surface area contributed by atoms with Crippen molar-refractivity contribution in [1.82, 2.24) is 25.3 Å². The Labute approximate surface area is 183 Å². The van der Waals surface area contributed by atoms with Gasteiger partial charge in [0.05, 0.1) is 17.5 Å². The van der Waals surface area contributed by atoms with Crippen LogP contribution in [0.5, 0.6) is 5.88 Å². The van der Waals surface area contributed by atoms with Crippen LogP contribution in [0.15, 0.2) is 29.3 Å². The van der Waals surface area contributed by atoms with Gasteiger partial charge in [0.15, 0.2) is 0 Å². The van der Waals surface area contributed by atoms with E-state index in [0.29, 0.717) is 34.0 Å². The summed E-state index contributed by atoms with van der Waals surface area (Å²) in [5.41, 5.74) is -0.0411. The maximum atomic E-state index is 12.5. The third kappa shape index (κ3) is 3.82. The molecule has 1 saturated heterocycles. The van der Waals surface area contributed by atoms with Crippen molar-refractivity contribution in [2.45, 2.75) is 38.3 Å². The van der Waals surface area contributed by atoms with Gasteiger partial charge in [0.25, 0.3) is 5.56 Å². The van der Waals surface area contributed by atoms with Gasteiger partial charge in [-0.2, -0.15) is 4.98 Å². The predicted octanol–water partition coefficient (Wildman–Crippen LogP) is 1.73. The zero-order valence-corrected chi connectivity index (χ0v) is 17.8. The number of hydrogen-bond donors (Lipinski definition) is 5. The molecule has 0 saturated carbocycles. The van der Waals surface area contributed by atoms with E-state index in [2.05, 4.69) is 41.2 Å². The molecule has 0 aromatic carbocycles. The predicted molar refractivity (Wildman–Crippen MR) is 121 cm³/mol. The van der Waals surface area contributed by atoms with E-state index in [1.165, 1.54) is 6.33 Å². The van der Waals surface area contributed by atoms with Crippen LogP contribution in [-0.4, -0.2) is 50.6 Å². The number of esters is 1. The highest BCUT2D eigenvalue weighted by atomic mass is 16.5. The lowest BCUT2D eigenvalue weighted by atomic mass is 10.0. The molecule has 32 heavy (non-hydrogen) atoms. The molecule has 11 nitrogen and oxygen atoms in total. The number of nitrogens with zero attached hydrogens (tertiary/aromatic N) is 3. The normalized spacial score (nSPS) is 19.6. The fourth-order valence-corrected chi connectivity index (χ4v) is 3.85. The number of fused-ring (bicyclic) bond motifs is 2. The van der Waals surface area contributed by atoms with Crippen molar-refractivity contribution < 1.29 is 9.53 Å². The number of carbonyl (C=O) groups excluding carboxylic acids is 1. The number of anilines is 4. The number of pyridine rings is 2. The zero-order valence-electron chi connectivity index (χ0n) is 17.8. The third-order valence-electron chi connectivity index (χ3n) is 5.53. The molecule has 0 bridgehead atoms. The SMILES string of the molecule is CC1(C)Nc2ccc(Nc3nc(N[C@H]4CCCNC4)cc4nc[nH]c(=O)c34)nc2OC1=O. The summed E-state index contributed by atoms with van der Waals surface area (Å²) in [5.74, 6) is 1.04. The fraction of sp³-hybridized carbons (Fsp3) is 0.381. The van der Waals surface area contributed by atoms with Gasteiger partial charge in [-0.1, -0.05) is 0 Å². The van der Waals surface area contributed by atoms with Crippen LogP contribution in [-0.2, 0) is 4.79 Å². The van der Waals surface area contributed by atoms with Crippen LogP contribution in [0.2, 0.25) is 0 Å². The Morgan fingerprint density at radius 2 is 2.06 bits per heavy atom. The molecular formula is C21H24N8O3. The van der Waals surface area contributed by atoms with Gasteiger partial charge in [0, 0.05) is 18.7 Å². The van der Waals surface area contributed by atoms with Crippen LogP contribution in [0.25, 0.3) is 10.9 Å². The second-order valence-corrected chi connectivity index (χ2v) is 8.48. The molecule has 5 N–H and O–H groups in total. The number of nitrogens with one attached hydrogen (secondary N) is 5. The summed E-state index contributed by atoms with van der Waals surface area (Å²) in [5, 5.41) is 13.3. The van der Waals surface area contributed by atoms with E-state index in [1.807, 2.05) is 0 Å². The summed E-state index contributed by atoms with van der Waals surface area (Å²) in [6, 6.07) is 5.49. The maximum Gasteiger partial charge on any atom is 0.337 e. The highest BCUT2D eigenvalue weighted by Crippen LogP contribution is 2.33. The Morgan fingerprint density at radius 1 is 1.19 bits per heavy atom. The van der Waals surface area contributed by atoms with E-state index in [4.69, 9.17) is 4.74 Å². The quantitative estimate of drug-likeness (QED) is 0.383. The Kier molecular flexibility index (Phi) is 4.89. The molecule has 0 aliphatic carbocycles. The van der Waals surface area contributed by atoms with Crippen molar-refractivity contribution in [3.63, 3.8) is 0 Å². The molecule has 3 aromatic rings. The van der Waals surface area contributed by atoms with Gasteiger partial charge in [-0.15, -0.1) is 0 Å². The monoisotopic (exact) mass is 436 g/mol. The van der Waals surface area contributed by atoms with E-state index in [0.717, 1.165) is 25.9 Å². The number of aromatic amines is 1. The van der Waals surface area contributed by atoms with Crippen molar-refractivity contribution in [2.24, 2.45) is 0 Å². The van der Waals surface area contributed by atoms with Crippen molar-refractivity contribution in [3.05, 3.63) is 34.9 Å². The van der Waals surface area contributed by atoms with Crippen LogP contribution in [0.1, 0.15) is 26.7 Å². The smallest absolute Gasteiger partial charge is 0.337 e. The molecule has 0 spiro atoms. The van der Waals surface area contributed by atoms with Crippen molar-refractivity contribution >= 4 is 40.0 Å². The largest absolute Gasteiger partial charge is 0.403 e. The molecular weight excluding hydrogens is 412 g/mol. The lowest BCUT2D eigenvalue weighted by Crippen LogP contribution is -2.46. The van der Waals surface area contributed by atoms with Gasteiger partial charge < -0.3 is 31.0 Å². The molecule has 2 aliphatic heterocycles. The summed E-state index contributed by atoms with van der Waals surface area (Å²) >= 11 is 0. The summed E-state index contributed by atoms with van der Waals surface area (Å²) in [4.78, 5) is 40.6. The number of aromatic nitrogens is 4. The van der Waals surface area contributed by atoms with Crippen LogP contribution in [0.4, 0.5) is 23.1 Å². The minimum Gasteiger partial charge on any atom is -0.403 e. The van der Waals surface area contributed by atoms with Crippen molar-refractivity contribution in [2.75, 3.05) is 29.0 Å². The highest BCUT2D eigenvalue weighted by Gasteiger charge is 2.36. The summed E-state index contributed by atoms with van der Waals surface area (Å²) in [6.07, 6.45) is 3.47. The first-order chi connectivity index (χ1) is 15.4. The summed E-state index contributed by atoms with van der Waals surface area (Å²) in [6.45, 7) is 5.32. The van der Waals surface area contributed by atoms with E-state index in [-0.39, 0.29) is 17.5 Å². The minimum absolute atomic E-state index is 0.165. The molecule has 5 rings (SSSR count). The van der Waals surface area contributed by atoms with Gasteiger partial charge >= 0.3 is 5.97 Å². The van der Waals surface area contributed by atoms with Gasteiger partial charge in [-0.05, 0) is 45.4 Å². The molecule has 0 unspecified atom stereocenters. The lowest BCUT2D eigenvalue weighted by molar-refractivity contribution is -0.139. The molecule has 166 valence electrons. The number of rotatable bonds is 4. The Balaban J connectivity index is 1.50. The van der Waals surface area contributed by atoms with Gasteiger partial charge in [0.1, 0.15) is 28.4 Å². The van der Waals surface area contributed by atoms with Gasteiger partial charge in [-0.25, -0.2) is 14.8 Å². The van der Waals surface area contributed by atoms with Crippen LogP contribution in [0, 0.1) is 0 Å². The van der Waals surface area contributed by atoms with E-state index in [1.54, 1.807) is 32.0 Å². The van der Waals surface area contributed by atoms with E-state index < -0.39 is 11.5 Å². The molecule has 0 amide bonds. The Hall–Kier alpha value is -3.73. The maximum absolute atomic E-state index is 12.5. The summed E-state index contributed by atoms with van der Waals surface area (Å²) in [7, 11) is 0. The second kappa shape index (κ2) is 7.75. The topological polar surface area (TPSA) is 146 Å². The number of carbonyl (C=O) groups is 1. The van der Waals surface area contributed by atoms with Crippen LogP contribution < -0.4 is 31.6 Å². The van der Waals surface area contributed by atoms with Crippen LogP contribution in [0.3, 0.4) is 0 Å². The number of H-pyrrole nitrogens is 1. The van der Waals surface area contributed by atoms with Crippen molar-refractivity contribution in [1.29, 1.82) is 0 Å². The minimum atomic E-state index is -0.839. The Morgan fingerprint density at radius 3 is 2.88 bits per heavy atom. The van der Waals surface area contributed by atoms with Crippen LogP contribution >= 0.6 is 0 Å². The molecule has 3 aromatic heterocycles. The third-order valence-corrected chi connectivity index (χ3v) is 5.53. The molecule has 0 radical (unpaired) electrons. The first-order valence-electron chi connectivity index (χ1n) is 10.5. The zero-order chi connectivity index (χ0) is 22.3.